The van der Waals surface area contributed by atoms with Crippen LogP contribution in [0.1, 0.15) is 5.82 Å². The van der Waals surface area contributed by atoms with E-state index in [-0.39, 0.29) is 18.8 Å². The van der Waals surface area contributed by atoms with Crippen LogP contribution in [0.15, 0.2) is 12.1 Å². The number of halogens is 3. The molecule has 18 heavy (non-hydrogen) atoms. The maximum atomic E-state index is 12.6. The fourth-order valence-corrected chi connectivity index (χ4v) is 1.42. The second-order valence-electron chi connectivity index (χ2n) is 3.63. The van der Waals surface area contributed by atoms with Gasteiger partial charge in [-0.1, -0.05) is 0 Å². The number of hydrogen-bond donors (Lipinski definition) is 1. The number of aliphatic hydroxyl groups is 1. The molecular formula is C9H10F3N5O. The van der Waals surface area contributed by atoms with E-state index in [0.717, 1.165) is 0 Å². The first kappa shape index (κ1) is 12.6. The molecule has 0 saturated heterocycles. The van der Waals surface area contributed by atoms with E-state index in [1.807, 2.05) is 0 Å². The van der Waals surface area contributed by atoms with Gasteiger partial charge in [-0.15, -0.1) is 15.3 Å². The first-order valence-corrected chi connectivity index (χ1v) is 5.05. The van der Waals surface area contributed by atoms with Crippen molar-refractivity contribution in [2.75, 3.05) is 25.1 Å². The molecule has 0 bridgehead atoms. The van der Waals surface area contributed by atoms with Gasteiger partial charge in [0.1, 0.15) is 5.82 Å². The molecule has 9 heteroatoms. The molecule has 2 aromatic rings. The fourth-order valence-electron chi connectivity index (χ4n) is 1.42. The maximum Gasteiger partial charge on any atom is 0.453 e. The number of likely N-dealkylation sites (N-methyl/N-ethyl adjacent to an activating group) is 1. The summed E-state index contributed by atoms with van der Waals surface area (Å²) in [5, 5.41) is 19.0. The van der Waals surface area contributed by atoms with Gasteiger partial charge in [0.15, 0.2) is 5.65 Å². The monoisotopic (exact) mass is 261 g/mol. The summed E-state index contributed by atoms with van der Waals surface area (Å²) in [6, 6.07) is 2.90. The number of hydrogen-bond acceptors (Lipinski definition) is 5. The molecule has 0 aliphatic rings. The van der Waals surface area contributed by atoms with Crippen molar-refractivity contribution < 1.29 is 18.3 Å². The number of fused-ring (bicyclic) bond motifs is 1. The molecule has 0 aliphatic carbocycles. The van der Waals surface area contributed by atoms with E-state index in [1.54, 1.807) is 7.05 Å². The Morgan fingerprint density at radius 1 is 1.33 bits per heavy atom. The van der Waals surface area contributed by atoms with Crippen LogP contribution < -0.4 is 4.90 Å². The first-order chi connectivity index (χ1) is 8.43. The summed E-state index contributed by atoms with van der Waals surface area (Å²) in [4.78, 5) is 1.53. The van der Waals surface area contributed by atoms with E-state index in [4.69, 9.17) is 5.11 Å². The normalized spacial score (nSPS) is 12.1. The summed E-state index contributed by atoms with van der Waals surface area (Å²) in [6.45, 7) is 0.145. The zero-order chi connectivity index (χ0) is 13.3. The second kappa shape index (κ2) is 4.41. The van der Waals surface area contributed by atoms with Crippen LogP contribution >= 0.6 is 0 Å². The van der Waals surface area contributed by atoms with Crippen molar-refractivity contribution in [3.63, 3.8) is 0 Å². The predicted octanol–water partition coefficient (Wildman–Crippen LogP) is 0.572. The lowest BCUT2D eigenvalue weighted by Gasteiger charge is -2.16. The maximum absolute atomic E-state index is 12.6. The highest BCUT2D eigenvalue weighted by atomic mass is 19.4. The van der Waals surface area contributed by atoms with E-state index in [2.05, 4.69) is 15.3 Å². The molecule has 0 radical (unpaired) electrons. The first-order valence-electron chi connectivity index (χ1n) is 5.05. The van der Waals surface area contributed by atoms with Gasteiger partial charge in [-0.3, -0.25) is 0 Å². The molecule has 98 valence electrons. The van der Waals surface area contributed by atoms with Gasteiger partial charge in [0, 0.05) is 13.6 Å². The summed E-state index contributed by atoms with van der Waals surface area (Å²) in [6.07, 6.45) is -4.61. The number of aliphatic hydroxyl groups excluding tert-OH is 1. The van der Waals surface area contributed by atoms with Crippen molar-refractivity contribution in [2.24, 2.45) is 0 Å². The van der Waals surface area contributed by atoms with E-state index < -0.39 is 12.0 Å². The SMILES string of the molecule is CN(CCO)c1ccc2nnc(C(F)(F)F)n2n1. The van der Waals surface area contributed by atoms with Crippen molar-refractivity contribution in [3.05, 3.63) is 18.0 Å². The van der Waals surface area contributed by atoms with Gasteiger partial charge < -0.3 is 10.0 Å². The molecule has 0 atom stereocenters. The number of aromatic nitrogens is 4. The number of nitrogens with zero attached hydrogens (tertiary/aromatic N) is 5. The Morgan fingerprint density at radius 3 is 2.67 bits per heavy atom. The molecule has 2 rings (SSSR count). The number of rotatable bonds is 3. The highest BCUT2D eigenvalue weighted by Gasteiger charge is 2.37. The topological polar surface area (TPSA) is 66.5 Å². The number of alkyl halides is 3. The van der Waals surface area contributed by atoms with Gasteiger partial charge in [0.05, 0.1) is 6.61 Å². The van der Waals surface area contributed by atoms with Gasteiger partial charge in [0.25, 0.3) is 5.82 Å². The Kier molecular flexibility index (Phi) is 3.07. The van der Waals surface area contributed by atoms with Crippen LogP contribution in [-0.2, 0) is 6.18 Å². The van der Waals surface area contributed by atoms with Crippen LogP contribution in [-0.4, -0.2) is 45.1 Å². The van der Waals surface area contributed by atoms with Crippen molar-refractivity contribution >= 4 is 11.5 Å². The molecule has 0 unspecified atom stereocenters. The van der Waals surface area contributed by atoms with Gasteiger partial charge in [-0.2, -0.15) is 17.7 Å². The van der Waals surface area contributed by atoms with Crippen LogP contribution in [0.4, 0.5) is 19.0 Å². The highest BCUT2D eigenvalue weighted by Crippen LogP contribution is 2.27. The Morgan fingerprint density at radius 2 is 2.06 bits per heavy atom. The van der Waals surface area contributed by atoms with Crippen LogP contribution in [0, 0.1) is 0 Å². The minimum absolute atomic E-state index is 0.0171. The lowest BCUT2D eigenvalue weighted by atomic mass is 10.4. The van der Waals surface area contributed by atoms with Crippen LogP contribution in [0.25, 0.3) is 5.65 Å². The van der Waals surface area contributed by atoms with Gasteiger partial charge >= 0.3 is 6.18 Å². The minimum atomic E-state index is -4.61. The van der Waals surface area contributed by atoms with Crippen molar-refractivity contribution in [3.8, 4) is 0 Å². The second-order valence-corrected chi connectivity index (χ2v) is 3.63. The average Bonchev–Trinajstić information content (AvgIpc) is 2.71. The molecule has 0 aromatic carbocycles. The summed E-state index contributed by atoms with van der Waals surface area (Å²) in [5.41, 5.74) is 0.0171. The molecule has 2 heterocycles. The molecule has 0 saturated carbocycles. The molecule has 6 nitrogen and oxygen atoms in total. The molecule has 0 spiro atoms. The molecule has 2 aromatic heterocycles. The molecule has 0 aliphatic heterocycles. The molecule has 0 amide bonds. The zero-order valence-electron chi connectivity index (χ0n) is 9.39. The Labute approximate surface area is 99.7 Å². The summed E-state index contributed by atoms with van der Waals surface area (Å²) < 4.78 is 38.5. The third-order valence-corrected chi connectivity index (χ3v) is 2.33. The van der Waals surface area contributed by atoms with Crippen molar-refractivity contribution in [1.82, 2.24) is 19.8 Å². The van der Waals surface area contributed by atoms with E-state index in [1.165, 1.54) is 17.0 Å². The average molecular weight is 261 g/mol. The minimum Gasteiger partial charge on any atom is -0.395 e. The standard InChI is InChI=1S/C9H10F3N5O/c1-16(4-5-18)7-3-2-6-13-14-8(9(10,11)12)17(6)15-7/h2-3,18H,4-5H2,1H3. The largest absolute Gasteiger partial charge is 0.453 e. The molecule has 0 fully saturated rings. The lowest BCUT2D eigenvalue weighted by Crippen LogP contribution is -2.23. The van der Waals surface area contributed by atoms with Gasteiger partial charge in [0.2, 0.25) is 0 Å². The summed E-state index contributed by atoms with van der Waals surface area (Å²) in [5.74, 6) is -0.876. The summed E-state index contributed by atoms with van der Waals surface area (Å²) >= 11 is 0. The van der Waals surface area contributed by atoms with Crippen LogP contribution in [0.5, 0.6) is 0 Å². The fraction of sp³-hybridized carbons (Fsp3) is 0.444. The Balaban J connectivity index is 2.49. The summed E-state index contributed by atoms with van der Waals surface area (Å²) in [7, 11) is 1.61. The Bertz CT molecular complexity index is 553. The smallest absolute Gasteiger partial charge is 0.395 e. The van der Waals surface area contributed by atoms with Crippen molar-refractivity contribution in [2.45, 2.75) is 6.18 Å². The zero-order valence-corrected chi connectivity index (χ0v) is 9.39. The Hall–Kier alpha value is -1.90. The van der Waals surface area contributed by atoms with Crippen LogP contribution in [0.2, 0.25) is 0 Å². The molecular weight excluding hydrogens is 251 g/mol. The lowest BCUT2D eigenvalue weighted by molar-refractivity contribution is -0.146. The molecule has 1 N–H and O–H groups in total. The van der Waals surface area contributed by atoms with E-state index in [0.29, 0.717) is 10.3 Å². The highest BCUT2D eigenvalue weighted by molar-refractivity contribution is 5.45. The van der Waals surface area contributed by atoms with Gasteiger partial charge in [-0.25, -0.2) is 0 Å². The van der Waals surface area contributed by atoms with E-state index in [9.17, 15) is 13.2 Å². The van der Waals surface area contributed by atoms with E-state index >= 15 is 0 Å². The quantitative estimate of drug-likeness (QED) is 0.875. The van der Waals surface area contributed by atoms with Crippen molar-refractivity contribution in [1.29, 1.82) is 0 Å². The predicted molar refractivity (Wildman–Crippen MR) is 56.1 cm³/mol. The number of anilines is 1. The van der Waals surface area contributed by atoms with Crippen LogP contribution in [0.3, 0.4) is 0 Å². The third kappa shape index (κ3) is 2.21. The van der Waals surface area contributed by atoms with Gasteiger partial charge in [-0.05, 0) is 12.1 Å². The third-order valence-electron chi connectivity index (χ3n) is 2.33.